The molecule has 122 valence electrons. The largest absolute Gasteiger partial charge is 0.0625 e. The van der Waals surface area contributed by atoms with Gasteiger partial charge < -0.3 is 0 Å². The van der Waals surface area contributed by atoms with Crippen molar-refractivity contribution in [3.63, 3.8) is 0 Å². The molecule has 3 rings (SSSR count). The van der Waals surface area contributed by atoms with Gasteiger partial charge in [-0.2, -0.15) is 0 Å². The minimum Gasteiger partial charge on any atom is -0.0625 e. The zero-order valence-corrected chi connectivity index (χ0v) is 15.5. The molecular weight excluding hydrogens is 295 g/mol. The Morgan fingerprint density at radius 1 is 0.826 bits per heavy atom. The number of benzene rings is 2. The van der Waals surface area contributed by atoms with Crippen molar-refractivity contribution in [3.8, 4) is 0 Å². The Labute approximate surface area is 143 Å². The fraction of sp³-hybridized carbons (Fsp3) is 0.455. The van der Waals surface area contributed by atoms with Crippen molar-refractivity contribution in [2.75, 3.05) is 0 Å². The van der Waals surface area contributed by atoms with Gasteiger partial charge in [0, 0.05) is 0 Å². The highest BCUT2D eigenvalue weighted by molar-refractivity contribution is 7.73. The summed E-state index contributed by atoms with van der Waals surface area (Å²) in [6.45, 7) is 7.31. The van der Waals surface area contributed by atoms with E-state index in [4.69, 9.17) is 0 Å². The average molecular weight is 324 g/mol. The quantitative estimate of drug-likeness (QED) is 0.644. The van der Waals surface area contributed by atoms with E-state index in [1.807, 2.05) is 0 Å². The van der Waals surface area contributed by atoms with Gasteiger partial charge >= 0.3 is 0 Å². The van der Waals surface area contributed by atoms with Crippen LogP contribution >= 0.6 is 7.92 Å². The Balaban J connectivity index is 2.03. The van der Waals surface area contributed by atoms with E-state index in [-0.39, 0.29) is 7.92 Å². The second-order valence-corrected chi connectivity index (χ2v) is 9.87. The van der Waals surface area contributed by atoms with Crippen molar-refractivity contribution in [2.45, 2.75) is 45.7 Å². The molecule has 0 aliphatic heterocycles. The lowest BCUT2D eigenvalue weighted by atomic mass is 9.77. The molecule has 23 heavy (non-hydrogen) atoms. The predicted molar refractivity (Wildman–Crippen MR) is 104 cm³/mol. The minimum atomic E-state index is -0.267. The van der Waals surface area contributed by atoms with Gasteiger partial charge in [-0.3, -0.25) is 0 Å². The monoisotopic (exact) mass is 324 g/mol. The molecule has 0 aromatic heterocycles. The van der Waals surface area contributed by atoms with Gasteiger partial charge in [0.05, 0.1) is 0 Å². The van der Waals surface area contributed by atoms with Gasteiger partial charge in [-0.1, -0.05) is 87.9 Å². The van der Waals surface area contributed by atoms with Crippen LogP contribution < -0.4 is 10.6 Å². The maximum atomic E-state index is 2.45. The Kier molecular flexibility index (Phi) is 5.54. The zero-order valence-electron chi connectivity index (χ0n) is 14.7. The first-order chi connectivity index (χ1) is 11.2. The second kappa shape index (κ2) is 7.63. The molecule has 2 aromatic rings. The van der Waals surface area contributed by atoms with Gasteiger partial charge in [0.1, 0.15) is 0 Å². The second-order valence-electron chi connectivity index (χ2n) is 7.43. The van der Waals surface area contributed by atoms with E-state index in [2.05, 4.69) is 81.4 Å². The molecule has 0 nitrogen and oxygen atoms in total. The Morgan fingerprint density at radius 3 is 1.83 bits per heavy atom. The van der Waals surface area contributed by atoms with Crippen LogP contribution in [-0.4, -0.2) is 5.66 Å². The van der Waals surface area contributed by atoms with Gasteiger partial charge in [-0.15, -0.1) is 0 Å². The summed E-state index contributed by atoms with van der Waals surface area (Å²) >= 11 is 0. The first kappa shape index (κ1) is 16.7. The first-order valence-electron chi connectivity index (χ1n) is 9.06. The maximum Gasteiger partial charge on any atom is -0.00955 e. The van der Waals surface area contributed by atoms with Crippen LogP contribution in [0.4, 0.5) is 0 Å². The van der Waals surface area contributed by atoms with E-state index in [1.165, 1.54) is 19.3 Å². The van der Waals surface area contributed by atoms with Crippen LogP contribution in [-0.2, 0) is 0 Å². The summed E-state index contributed by atoms with van der Waals surface area (Å²) in [5.41, 5.74) is 0.818. The fourth-order valence-electron chi connectivity index (χ4n) is 4.16. The average Bonchev–Trinajstić information content (AvgIpc) is 2.57. The summed E-state index contributed by atoms with van der Waals surface area (Å²) < 4.78 is 0. The van der Waals surface area contributed by atoms with E-state index >= 15 is 0 Å². The van der Waals surface area contributed by atoms with Gasteiger partial charge in [-0.25, -0.2) is 0 Å². The summed E-state index contributed by atoms with van der Waals surface area (Å²) in [5.74, 6) is 2.51. The third-order valence-electron chi connectivity index (χ3n) is 5.39. The highest BCUT2D eigenvalue weighted by Crippen LogP contribution is 2.51. The third kappa shape index (κ3) is 3.86. The van der Waals surface area contributed by atoms with Crippen LogP contribution in [0.15, 0.2) is 60.7 Å². The smallest absolute Gasteiger partial charge is 0.00955 e. The lowest BCUT2D eigenvalue weighted by Crippen LogP contribution is -2.35. The maximum absolute atomic E-state index is 2.45. The molecule has 2 aromatic carbocycles. The molecular formula is C22H29P. The predicted octanol–water partition coefficient (Wildman–Crippen LogP) is 5.58. The van der Waals surface area contributed by atoms with E-state index in [0.29, 0.717) is 0 Å². The van der Waals surface area contributed by atoms with Gasteiger partial charge in [0.2, 0.25) is 0 Å². The molecule has 0 heterocycles. The van der Waals surface area contributed by atoms with Crippen molar-refractivity contribution in [1.29, 1.82) is 0 Å². The van der Waals surface area contributed by atoms with Crippen molar-refractivity contribution < 1.29 is 0 Å². The van der Waals surface area contributed by atoms with Crippen LogP contribution in [0.25, 0.3) is 0 Å². The molecule has 1 aliphatic carbocycles. The zero-order chi connectivity index (χ0) is 16.2. The molecule has 0 N–H and O–H groups in total. The molecule has 0 spiro atoms. The lowest BCUT2D eigenvalue weighted by Gasteiger charge is -2.42. The van der Waals surface area contributed by atoms with Gasteiger partial charge in [-0.05, 0) is 54.8 Å². The van der Waals surface area contributed by atoms with Crippen molar-refractivity contribution in [2.24, 2.45) is 17.8 Å². The summed E-state index contributed by atoms with van der Waals surface area (Å²) in [6, 6.07) is 22.6. The van der Waals surface area contributed by atoms with Crippen LogP contribution in [0.1, 0.15) is 40.0 Å². The fourth-order valence-corrected chi connectivity index (χ4v) is 7.66. The van der Waals surface area contributed by atoms with Gasteiger partial charge in [0.15, 0.2) is 0 Å². The highest BCUT2D eigenvalue weighted by atomic mass is 31.1. The number of hydrogen-bond donors (Lipinski definition) is 0. The molecule has 1 heteroatoms. The lowest BCUT2D eigenvalue weighted by molar-refractivity contribution is 0.242. The Hall–Kier alpha value is -1.13. The van der Waals surface area contributed by atoms with E-state index < -0.39 is 0 Å². The van der Waals surface area contributed by atoms with Crippen LogP contribution in [0.5, 0.6) is 0 Å². The molecule has 0 saturated heterocycles. The van der Waals surface area contributed by atoms with E-state index in [0.717, 1.165) is 23.4 Å². The standard InChI is InChI=1S/C22H29P/c1-17(2)21-15-14-18(3)16-22(21)23(19-10-6-4-7-11-19)20-12-8-5-9-13-20/h4-13,17-18,21-22H,14-16H2,1-3H3/t18?,21-,22-/m0/s1. The summed E-state index contributed by atoms with van der Waals surface area (Å²) in [6.07, 6.45) is 4.20. The number of hydrogen-bond acceptors (Lipinski definition) is 0. The van der Waals surface area contributed by atoms with Crippen molar-refractivity contribution >= 4 is 18.5 Å². The summed E-state index contributed by atoms with van der Waals surface area (Å²) in [7, 11) is -0.267. The Bertz CT molecular complexity index is 550. The molecule has 0 bridgehead atoms. The SMILES string of the molecule is CC1CC[C@@H](C(C)C)[C@@H](P(c2ccccc2)c2ccccc2)C1. The molecule has 0 amide bonds. The Morgan fingerprint density at radius 2 is 1.35 bits per heavy atom. The van der Waals surface area contributed by atoms with Crippen LogP contribution in [0.3, 0.4) is 0 Å². The summed E-state index contributed by atoms with van der Waals surface area (Å²) in [4.78, 5) is 0. The first-order valence-corrected chi connectivity index (χ1v) is 10.5. The van der Waals surface area contributed by atoms with E-state index in [9.17, 15) is 0 Å². The van der Waals surface area contributed by atoms with Gasteiger partial charge in [0.25, 0.3) is 0 Å². The molecule has 3 atom stereocenters. The molecule has 0 radical (unpaired) electrons. The molecule has 1 aliphatic rings. The van der Waals surface area contributed by atoms with Crippen molar-refractivity contribution in [3.05, 3.63) is 60.7 Å². The molecule has 1 fully saturated rings. The van der Waals surface area contributed by atoms with E-state index in [1.54, 1.807) is 10.6 Å². The normalized spacial score (nSPS) is 25.0. The topological polar surface area (TPSA) is 0 Å². The minimum absolute atomic E-state index is 0.267. The molecule has 1 saturated carbocycles. The van der Waals surface area contributed by atoms with Crippen molar-refractivity contribution in [1.82, 2.24) is 0 Å². The van der Waals surface area contributed by atoms with Crippen LogP contribution in [0, 0.1) is 17.8 Å². The summed E-state index contributed by atoms with van der Waals surface area (Å²) in [5, 5.41) is 3.11. The highest BCUT2D eigenvalue weighted by Gasteiger charge is 2.37. The van der Waals surface area contributed by atoms with Crippen LogP contribution in [0.2, 0.25) is 0 Å². The third-order valence-corrected chi connectivity index (χ3v) is 8.35. The molecule has 1 unspecified atom stereocenters. The number of rotatable bonds is 4.